The third kappa shape index (κ3) is 5.77. The van der Waals surface area contributed by atoms with Crippen molar-refractivity contribution in [3.63, 3.8) is 0 Å². The molecule has 0 unspecified atom stereocenters. The first-order valence-corrected chi connectivity index (χ1v) is 18.4. The maximum absolute atomic E-state index is 14.7. The van der Waals surface area contributed by atoms with Gasteiger partial charge in [0.25, 0.3) is 0 Å². The van der Waals surface area contributed by atoms with E-state index in [4.69, 9.17) is 13.4 Å². The monoisotopic (exact) mass is 668 g/mol. The lowest BCUT2D eigenvalue weighted by atomic mass is 9.77. The largest absolute Gasteiger partial charge is 0.596 e. The minimum Gasteiger partial charge on any atom is -0.393 e. The van der Waals surface area contributed by atoms with Crippen molar-refractivity contribution in [3.8, 4) is 56.0 Å². The van der Waals surface area contributed by atoms with Crippen molar-refractivity contribution in [3.05, 3.63) is 117 Å². The smallest absolute Gasteiger partial charge is 0.393 e. The summed E-state index contributed by atoms with van der Waals surface area (Å²) in [6.07, 6.45) is 0. The second-order valence-corrected chi connectivity index (χ2v) is 15.3. The fourth-order valence-corrected chi connectivity index (χ4v) is 9.24. The Morgan fingerprint density at radius 1 is 0.468 bits per heavy atom. The lowest BCUT2D eigenvalue weighted by Crippen LogP contribution is -2.03. The molecular formula is C38H38O7P2. The van der Waals surface area contributed by atoms with Crippen LogP contribution in [0.1, 0.15) is 44.5 Å². The van der Waals surface area contributed by atoms with E-state index < -0.39 is 15.6 Å². The summed E-state index contributed by atoms with van der Waals surface area (Å²) >= 11 is 0. The summed E-state index contributed by atoms with van der Waals surface area (Å²) in [5, 5.41) is 0. The first kappa shape index (κ1) is 33.0. The third-order valence-electron chi connectivity index (χ3n) is 8.95. The molecule has 0 aliphatic carbocycles. The normalized spacial score (nSPS) is 13.7. The van der Waals surface area contributed by atoms with Gasteiger partial charge in [0.15, 0.2) is 0 Å². The fraction of sp³-hybridized carbons (Fsp3) is 0.211. The number of rotatable bonds is 6. The first-order chi connectivity index (χ1) is 22.1. The molecule has 0 fully saturated rings. The molecule has 0 saturated heterocycles. The highest BCUT2D eigenvalue weighted by Crippen LogP contribution is 2.71. The van der Waals surface area contributed by atoms with Crippen LogP contribution in [0.3, 0.4) is 0 Å². The molecule has 0 atom stereocenters. The standard InChI is InChI=1S/C38H38O7P2/c1-21-13-9-14-22(2)29(21)33-34(30-23(3)15-10-16-24(30)4)38-36(32-27(7)19-12-20-28(32)8)35(31-25(5)17-11-18-26(31)6)37(33)43-47(42,44-38)45-46(39,40)41/h9-20H,1-8H3,(H2,39,40,41). The van der Waals surface area contributed by atoms with E-state index in [9.17, 15) is 18.9 Å². The predicted octanol–water partition coefficient (Wildman–Crippen LogP) is 10.8. The molecule has 5 aromatic carbocycles. The Kier molecular flexibility index (Phi) is 8.37. The zero-order chi connectivity index (χ0) is 34.0. The van der Waals surface area contributed by atoms with Crippen LogP contribution in [0.5, 0.6) is 11.5 Å². The van der Waals surface area contributed by atoms with Gasteiger partial charge in [0.1, 0.15) is 11.5 Å². The van der Waals surface area contributed by atoms with Crippen LogP contribution in [0, 0.1) is 55.4 Å². The van der Waals surface area contributed by atoms with E-state index in [0.717, 1.165) is 66.8 Å². The number of hydrogen-bond acceptors (Lipinski definition) is 5. The summed E-state index contributed by atoms with van der Waals surface area (Å²) in [6.45, 7) is 16.0. The first-order valence-electron chi connectivity index (χ1n) is 15.4. The van der Waals surface area contributed by atoms with Gasteiger partial charge in [-0.3, -0.25) is 0 Å². The molecule has 9 heteroatoms. The van der Waals surface area contributed by atoms with Gasteiger partial charge in [-0.2, -0.15) is 4.31 Å². The molecule has 2 bridgehead atoms. The van der Waals surface area contributed by atoms with E-state index in [0.29, 0.717) is 22.3 Å². The Labute approximate surface area is 276 Å². The number of hydrogen-bond donors (Lipinski definition) is 2. The van der Waals surface area contributed by atoms with E-state index in [1.54, 1.807) is 0 Å². The number of phosphoric acid groups is 2. The quantitative estimate of drug-likeness (QED) is 0.174. The number of aryl methyl sites for hydroxylation is 8. The minimum absolute atomic E-state index is 0.174. The average molecular weight is 669 g/mol. The van der Waals surface area contributed by atoms with Crippen molar-refractivity contribution >= 4 is 15.6 Å². The average Bonchev–Trinajstić information content (AvgIpc) is 3.14. The topological polar surface area (TPSA) is 102 Å². The molecule has 47 heavy (non-hydrogen) atoms. The Morgan fingerprint density at radius 3 is 0.872 bits per heavy atom. The molecule has 2 heterocycles. The van der Waals surface area contributed by atoms with Gasteiger partial charge in [-0.05, 0) is 122 Å². The lowest BCUT2D eigenvalue weighted by molar-refractivity contribution is 0.236. The van der Waals surface area contributed by atoms with Crippen molar-refractivity contribution in [2.45, 2.75) is 55.4 Å². The van der Waals surface area contributed by atoms with Crippen LogP contribution in [0.25, 0.3) is 44.5 Å². The highest BCUT2D eigenvalue weighted by Gasteiger charge is 2.48. The van der Waals surface area contributed by atoms with Gasteiger partial charge >= 0.3 is 15.6 Å². The van der Waals surface area contributed by atoms with Gasteiger partial charge in [0, 0.05) is 22.3 Å². The molecule has 0 aromatic heterocycles. The molecule has 0 amide bonds. The highest BCUT2D eigenvalue weighted by atomic mass is 31.3. The van der Waals surface area contributed by atoms with Crippen LogP contribution in [0.4, 0.5) is 0 Å². The molecular weight excluding hydrogens is 630 g/mol. The SMILES string of the molecule is Cc1cccc(C)c1-c1c2c(-c3c(C)cccc3C)c(-c3c(C)cccc3C)c(c1-c1c(C)cccc1C)OP(=O)(OP(=O)(O)O)O2. The maximum atomic E-state index is 14.7. The van der Waals surface area contributed by atoms with Gasteiger partial charge in [0.2, 0.25) is 0 Å². The van der Waals surface area contributed by atoms with Crippen LogP contribution in [0.15, 0.2) is 72.8 Å². The van der Waals surface area contributed by atoms with Crippen molar-refractivity contribution in [2.75, 3.05) is 0 Å². The second kappa shape index (κ2) is 11.9. The predicted molar refractivity (Wildman–Crippen MR) is 188 cm³/mol. The molecule has 7 nitrogen and oxygen atoms in total. The van der Waals surface area contributed by atoms with Crippen molar-refractivity contribution in [1.82, 2.24) is 0 Å². The van der Waals surface area contributed by atoms with Crippen LogP contribution in [0.2, 0.25) is 0 Å². The van der Waals surface area contributed by atoms with Crippen LogP contribution in [-0.2, 0) is 13.4 Å². The number of phosphoric ester groups is 1. The van der Waals surface area contributed by atoms with E-state index in [-0.39, 0.29) is 11.5 Å². The molecule has 2 N–H and O–H groups in total. The number of fused-ring (bicyclic) bond motifs is 4. The Morgan fingerprint density at radius 2 is 0.681 bits per heavy atom. The third-order valence-corrected chi connectivity index (χ3v) is 11.4. The summed E-state index contributed by atoms with van der Waals surface area (Å²) in [4.78, 5) is 20.0. The Hall–Kier alpha value is -3.96. The lowest BCUT2D eigenvalue weighted by Gasteiger charge is -2.27. The van der Waals surface area contributed by atoms with Gasteiger partial charge in [-0.25, -0.2) is 9.13 Å². The number of benzene rings is 5. The van der Waals surface area contributed by atoms with E-state index in [2.05, 4.69) is 0 Å². The zero-order valence-corrected chi connectivity index (χ0v) is 29.5. The summed E-state index contributed by atoms with van der Waals surface area (Å²) in [6, 6.07) is 23.9. The summed E-state index contributed by atoms with van der Waals surface area (Å²) in [5.41, 5.74) is 13.3. The van der Waals surface area contributed by atoms with E-state index >= 15 is 0 Å². The van der Waals surface area contributed by atoms with Crippen molar-refractivity contribution in [1.29, 1.82) is 0 Å². The molecule has 242 valence electrons. The van der Waals surface area contributed by atoms with E-state index in [1.807, 2.05) is 128 Å². The Bertz CT molecular complexity index is 1850. The molecule has 5 aromatic rings. The van der Waals surface area contributed by atoms with Crippen LogP contribution < -0.4 is 9.05 Å². The highest BCUT2D eigenvalue weighted by molar-refractivity contribution is 7.61. The molecule has 2 aliphatic rings. The molecule has 0 radical (unpaired) electrons. The van der Waals surface area contributed by atoms with Crippen LogP contribution in [-0.4, -0.2) is 9.79 Å². The summed E-state index contributed by atoms with van der Waals surface area (Å²) in [5.74, 6) is 0.348. The van der Waals surface area contributed by atoms with Gasteiger partial charge in [-0.1, -0.05) is 72.8 Å². The van der Waals surface area contributed by atoms with E-state index in [1.165, 1.54) is 0 Å². The van der Waals surface area contributed by atoms with Crippen LogP contribution >= 0.6 is 15.6 Å². The molecule has 0 spiro atoms. The van der Waals surface area contributed by atoms with Gasteiger partial charge < -0.3 is 18.8 Å². The molecule has 2 aliphatic heterocycles. The van der Waals surface area contributed by atoms with Crippen molar-refractivity contribution in [2.24, 2.45) is 0 Å². The minimum atomic E-state index is -5.36. The maximum Gasteiger partial charge on any atom is 0.596 e. The van der Waals surface area contributed by atoms with Gasteiger partial charge in [0.05, 0.1) is 0 Å². The molecule has 7 rings (SSSR count). The fourth-order valence-electron chi connectivity index (χ4n) is 7.08. The summed E-state index contributed by atoms with van der Waals surface area (Å²) in [7, 11) is -10.4. The molecule has 0 saturated carbocycles. The summed E-state index contributed by atoms with van der Waals surface area (Å²) < 4.78 is 44.8. The van der Waals surface area contributed by atoms with Gasteiger partial charge in [-0.15, -0.1) is 0 Å². The zero-order valence-electron chi connectivity index (χ0n) is 27.8. The Balaban J connectivity index is 2.00. The second-order valence-electron chi connectivity index (χ2n) is 12.4. The van der Waals surface area contributed by atoms with Crippen molar-refractivity contribution < 1.29 is 32.3 Å².